The van der Waals surface area contributed by atoms with Gasteiger partial charge in [-0.25, -0.2) is 0 Å². The second-order valence-electron chi connectivity index (χ2n) is 7.79. The number of benzene rings is 3. The Labute approximate surface area is 199 Å². The summed E-state index contributed by atoms with van der Waals surface area (Å²) in [6.07, 6.45) is 1.46. The van der Waals surface area contributed by atoms with Crippen LogP contribution in [0.15, 0.2) is 73.3 Å². The summed E-state index contributed by atoms with van der Waals surface area (Å²) in [5, 5.41) is 5.50. The Hall–Kier alpha value is -4.92. The Balaban J connectivity index is 1.35. The largest absolute Gasteiger partial charge is 0.454 e. The van der Waals surface area contributed by atoms with Crippen molar-refractivity contribution in [1.29, 1.82) is 0 Å². The van der Waals surface area contributed by atoms with Crippen molar-refractivity contribution in [2.24, 2.45) is 0 Å². The first-order valence-corrected chi connectivity index (χ1v) is 10.7. The summed E-state index contributed by atoms with van der Waals surface area (Å²) < 4.78 is 10.6. The average Bonchev–Trinajstić information content (AvgIpc) is 3.42. The van der Waals surface area contributed by atoms with Gasteiger partial charge >= 0.3 is 0 Å². The molecular weight excluding hydrogens is 450 g/mol. The number of nitrogens with one attached hydrogen (secondary N) is 2. The zero-order valence-electron chi connectivity index (χ0n) is 18.4. The molecule has 2 N–H and O–H groups in total. The van der Waals surface area contributed by atoms with E-state index in [1.165, 1.54) is 24.3 Å². The summed E-state index contributed by atoms with van der Waals surface area (Å²) in [5.41, 5.74) is 1.59. The molecule has 3 aromatic rings. The van der Waals surface area contributed by atoms with Crippen LogP contribution in [0.4, 0.5) is 11.4 Å². The van der Waals surface area contributed by atoms with Crippen LogP contribution in [0, 0.1) is 0 Å². The maximum absolute atomic E-state index is 13.0. The minimum absolute atomic E-state index is 0.0831. The Morgan fingerprint density at radius 1 is 0.886 bits per heavy atom. The van der Waals surface area contributed by atoms with Crippen LogP contribution in [0.3, 0.4) is 0 Å². The molecule has 9 heteroatoms. The lowest BCUT2D eigenvalue weighted by Crippen LogP contribution is -2.29. The van der Waals surface area contributed by atoms with Crippen LogP contribution in [-0.4, -0.2) is 41.9 Å². The van der Waals surface area contributed by atoms with E-state index in [4.69, 9.17) is 9.47 Å². The van der Waals surface area contributed by atoms with Gasteiger partial charge in [0.05, 0.1) is 22.4 Å². The SMILES string of the molecule is C=CCN1C(=O)c2ccc(C(=O)Nc3ccccc3C(=O)Nc3ccc4c(c3)OCO4)cc2C1=O. The number of ether oxygens (including phenoxy) is 2. The highest BCUT2D eigenvalue weighted by Gasteiger charge is 2.35. The highest BCUT2D eigenvalue weighted by atomic mass is 16.7. The lowest BCUT2D eigenvalue weighted by atomic mass is 10.0. The van der Waals surface area contributed by atoms with Gasteiger partial charge in [-0.3, -0.25) is 24.1 Å². The number of para-hydroxylation sites is 1. The molecule has 174 valence electrons. The molecule has 0 unspecified atom stereocenters. The monoisotopic (exact) mass is 469 g/mol. The number of amides is 4. The van der Waals surface area contributed by atoms with Gasteiger partial charge in [0.15, 0.2) is 11.5 Å². The second-order valence-corrected chi connectivity index (χ2v) is 7.79. The quantitative estimate of drug-likeness (QED) is 0.420. The van der Waals surface area contributed by atoms with Gasteiger partial charge in [0.1, 0.15) is 0 Å². The van der Waals surface area contributed by atoms with Gasteiger partial charge in [0.25, 0.3) is 23.6 Å². The molecule has 0 aromatic heterocycles. The van der Waals surface area contributed by atoms with Crippen molar-refractivity contribution in [3.8, 4) is 11.5 Å². The predicted molar refractivity (Wildman–Crippen MR) is 127 cm³/mol. The third-order valence-corrected chi connectivity index (χ3v) is 5.59. The summed E-state index contributed by atoms with van der Waals surface area (Å²) in [5.74, 6) is -0.753. The lowest BCUT2D eigenvalue weighted by Gasteiger charge is -2.12. The Kier molecular flexibility index (Phi) is 5.50. The van der Waals surface area contributed by atoms with Gasteiger partial charge in [-0.2, -0.15) is 0 Å². The number of anilines is 2. The molecule has 9 nitrogen and oxygen atoms in total. The molecule has 0 radical (unpaired) electrons. The molecule has 2 heterocycles. The van der Waals surface area contributed by atoms with Crippen molar-refractivity contribution >= 4 is 35.0 Å². The highest BCUT2D eigenvalue weighted by Crippen LogP contribution is 2.34. The highest BCUT2D eigenvalue weighted by molar-refractivity contribution is 6.22. The van der Waals surface area contributed by atoms with Crippen molar-refractivity contribution in [2.75, 3.05) is 24.0 Å². The van der Waals surface area contributed by atoms with Crippen LogP contribution < -0.4 is 20.1 Å². The molecule has 0 saturated carbocycles. The normalized spacial score (nSPS) is 13.4. The number of carbonyl (C=O) groups excluding carboxylic acids is 4. The smallest absolute Gasteiger partial charge is 0.261 e. The first-order chi connectivity index (χ1) is 17.0. The van der Waals surface area contributed by atoms with Crippen LogP contribution in [0.5, 0.6) is 11.5 Å². The molecule has 3 aromatic carbocycles. The summed E-state index contributed by atoms with van der Waals surface area (Å²) in [6, 6.07) is 15.9. The van der Waals surface area contributed by atoms with E-state index in [1.807, 2.05) is 0 Å². The van der Waals surface area contributed by atoms with Gasteiger partial charge < -0.3 is 20.1 Å². The third-order valence-electron chi connectivity index (χ3n) is 5.59. The van der Waals surface area contributed by atoms with E-state index < -0.39 is 23.6 Å². The number of rotatable bonds is 6. The number of nitrogens with zero attached hydrogens (tertiary/aromatic N) is 1. The van der Waals surface area contributed by atoms with E-state index in [2.05, 4.69) is 17.2 Å². The predicted octanol–water partition coefficient (Wildman–Crippen LogP) is 3.70. The number of fused-ring (bicyclic) bond motifs is 2. The summed E-state index contributed by atoms with van der Waals surface area (Å²) in [4.78, 5) is 52.0. The summed E-state index contributed by atoms with van der Waals surface area (Å²) >= 11 is 0. The minimum atomic E-state index is -0.529. The van der Waals surface area contributed by atoms with Crippen LogP contribution in [-0.2, 0) is 0 Å². The van der Waals surface area contributed by atoms with E-state index in [1.54, 1.807) is 42.5 Å². The first-order valence-electron chi connectivity index (χ1n) is 10.7. The van der Waals surface area contributed by atoms with Crippen LogP contribution in [0.1, 0.15) is 41.4 Å². The molecule has 0 saturated heterocycles. The fourth-order valence-corrected chi connectivity index (χ4v) is 3.88. The van der Waals surface area contributed by atoms with Crippen LogP contribution in [0.25, 0.3) is 0 Å². The number of hydrogen-bond donors (Lipinski definition) is 2. The van der Waals surface area contributed by atoms with Gasteiger partial charge in [-0.05, 0) is 42.5 Å². The van der Waals surface area contributed by atoms with E-state index in [0.29, 0.717) is 17.2 Å². The second kappa shape index (κ2) is 8.79. The Bertz CT molecular complexity index is 1410. The summed E-state index contributed by atoms with van der Waals surface area (Å²) in [7, 11) is 0. The van der Waals surface area contributed by atoms with E-state index in [9.17, 15) is 19.2 Å². The lowest BCUT2D eigenvalue weighted by molar-refractivity contribution is 0.0671. The topological polar surface area (TPSA) is 114 Å². The maximum Gasteiger partial charge on any atom is 0.261 e. The van der Waals surface area contributed by atoms with Crippen LogP contribution >= 0.6 is 0 Å². The van der Waals surface area contributed by atoms with Crippen molar-refractivity contribution in [1.82, 2.24) is 4.90 Å². The fourth-order valence-electron chi connectivity index (χ4n) is 3.88. The molecule has 0 bridgehead atoms. The van der Waals surface area contributed by atoms with Gasteiger partial charge in [0, 0.05) is 23.9 Å². The zero-order valence-corrected chi connectivity index (χ0v) is 18.4. The van der Waals surface area contributed by atoms with Crippen molar-refractivity contribution in [3.63, 3.8) is 0 Å². The van der Waals surface area contributed by atoms with E-state index in [0.717, 1.165) is 4.90 Å². The molecule has 0 aliphatic carbocycles. The zero-order chi connectivity index (χ0) is 24.5. The molecular formula is C26H19N3O6. The molecule has 5 rings (SSSR count). The minimum Gasteiger partial charge on any atom is -0.454 e. The average molecular weight is 469 g/mol. The third kappa shape index (κ3) is 3.99. The standard InChI is InChI=1S/C26H19N3O6/c1-2-11-29-25(32)17-9-7-15(12-19(17)26(29)33)23(30)28-20-6-4-3-5-18(20)24(31)27-16-8-10-21-22(13-16)35-14-34-21/h2-10,12-13H,1,11,14H2,(H,27,31)(H,28,30). The van der Waals surface area contributed by atoms with Crippen molar-refractivity contribution in [3.05, 3.63) is 95.6 Å². The maximum atomic E-state index is 13.0. The summed E-state index contributed by atoms with van der Waals surface area (Å²) in [6.45, 7) is 3.76. The molecule has 4 amide bonds. The number of hydrogen-bond acceptors (Lipinski definition) is 6. The van der Waals surface area contributed by atoms with Crippen molar-refractivity contribution < 1.29 is 28.7 Å². The van der Waals surface area contributed by atoms with Gasteiger partial charge in [-0.15, -0.1) is 6.58 Å². The molecule has 35 heavy (non-hydrogen) atoms. The number of carbonyl (C=O) groups is 4. The van der Waals surface area contributed by atoms with Crippen LogP contribution in [0.2, 0.25) is 0 Å². The molecule has 0 atom stereocenters. The van der Waals surface area contributed by atoms with Gasteiger partial charge in [-0.1, -0.05) is 18.2 Å². The van der Waals surface area contributed by atoms with E-state index >= 15 is 0 Å². The Morgan fingerprint density at radius 2 is 1.66 bits per heavy atom. The number of imide groups is 1. The molecule has 0 spiro atoms. The Morgan fingerprint density at radius 3 is 2.49 bits per heavy atom. The van der Waals surface area contributed by atoms with Crippen molar-refractivity contribution in [2.45, 2.75) is 0 Å². The van der Waals surface area contributed by atoms with E-state index in [-0.39, 0.29) is 41.3 Å². The molecule has 2 aliphatic heterocycles. The molecule has 2 aliphatic rings. The first kappa shape index (κ1) is 21.9. The fraction of sp³-hybridized carbons (Fsp3) is 0.0769. The van der Waals surface area contributed by atoms with Gasteiger partial charge in [0.2, 0.25) is 6.79 Å². The molecule has 0 fully saturated rings.